The van der Waals surface area contributed by atoms with E-state index in [0.29, 0.717) is 0 Å². The molecule has 6 heteroatoms. The summed E-state index contributed by atoms with van der Waals surface area (Å²) in [6, 6.07) is 5.97. The SMILES string of the molecule is COC(=O)c1ccc(N)c(C(O)C(O)CC#N)c1. The standard InChI is InChI=1S/C12H14N2O4/c1-18-12(17)7-2-3-9(14)8(6-7)11(16)10(15)4-5-13/h2-3,6,10-11,15-16H,4,14H2,1H3. The first-order valence-electron chi connectivity index (χ1n) is 5.22. The van der Waals surface area contributed by atoms with E-state index in [4.69, 9.17) is 11.0 Å². The maximum Gasteiger partial charge on any atom is 0.337 e. The number of ether oxygens (including phenoxy) is 1. The van der Waals surface area contributed by atoms with Gasteiger partial charge in [-0.05, 0) is 18.2 Å². The number of esters is 1. The molecule has 0 bridgehead atoms. The number of hydrogen-bond acceptors (Lipinski definition) is 6. The van der Waals surface area contributed by atoms with Crippen LogP contribution in [0.4, 0.5) is 5.69 Å². The third-order valence-corrected chi connectivity index (χ3v) is 2.49. The topological polar surface area (TPSA) is 117 Å². The Kier molecular flexibility index (Phi) is 4.66. The van der Waals surface area contributed by atoms with Crippen molar-refractivity contribution >= 4 is 11.7 Å². The number of carbonyl (C=O) groups is 1. The molecule has 2 atom stereocenters. The van der Waals surface area contributed by atoms with Crippen molar-refractivity contribution in [1.29, 1.82) is 5.26 Å². The van der Waals surface area contributed by atoms with Gasteiger partial charge in [-0.3, -0.25) is 0 Å². The first-order valence-corrected chi connectivity index (χ1v) is 5.22. The molecule has 0 fully saturated rings. The van der Waals surface area contributed by atoms with Crippen LogP contribution in [0.5, 0.6) is 0 Å². The smallest absolute Gasteiger partial charge is 0.337 e. The van der Waals surface area contributed by atoms with Gasteiger partial charge in [-0.1, -0.05) is 0 Å². The molecule has 0 amide bonds. The molecule has 0 aliphatic rings. The second kappa shape index (κ2) is 6.00. The lowest BCUT2D eigenvalue weighted by Crippen LogP contribution is -2.19. The lowest BCUT2D eigenvalue weighted by molar-refractivity contribution is 0.0219. The first-order chi connectivity index (χ1) is 8.51. The fourth-order valence-electron chi connectivity index (χ4n) is 1.49. The summed E-state index contributed by atoms with van der Waals surface area (Å²) in [5.74, 6) is -0.571. The lowest BCUT2D eigenvalue weighted by Gasteiger charge is -2.18. The number of rotatable bonds is 4. The predicted octanol–water partition coefficient (Wildman–Crippen LogP) is 0.363. The van der Waals surface area contributed by atoms with Crippen molar-refractivity contribution < 1.29 is 19.7 Å². The van der Waals surface area contributed by atoms with Crippen LogP contribution in [-0.2, 0) is 4.74 Å². The summed E-state index contributed by atoms with van der Waals surface area (Å²) in [4.78, 5) is 11.3. The molecule has 96 valence electrons. The quantitative estimate of drug-likeness (QED) is 0.525. The number of aliphatic hydroxyl groups is 2. The number of nitrogens with zero attached hydrogens (tertiary/aromatic N) is 1. The van der Waals surface area contributed by atoms with Gasteiger partial charge in [0.2, 0.25) is 0 Å². The van der Waals surface area contributed by atoms with Crippen molar-refractivity contribution in [3.05, 3.63) is 29.3 Å². The van der Waals surface area contributed by atoms with Crippen LogP contribution in [0.2, 0.25) is 0 Å². The Balaban J connectivity index is 3.08. The van der Waals surface area contributed by atoms with E-state index in [2.05, 4.69) is 4.74 Å². The Bertz CT molecular complexity index is 481. The van der Waals surface area contributed by atoms with Crippen LogP contribution in [0.3, 0.4) is 0 Å². The van der Waals surface area contributed by atoms with Gasteiger partial charge >= 0.3 is 5.97 Å². The highest BCUT2D eigenvalue weighted by molar-refractivity contribution is 5.90. The van der Waals surface area contributed by atoms with Crippen LogP contribution in [-0.4, -0.2) is 29.4 Å². The summed E-state index contributed by atoms with van der Waals surface area (Å²) >= 11 is 0. The van der Waals surface area contributed by atoms with Crippen molar-refractivity contribution in [3.63, 3.8) is 0 Å². The summed E-state index contributed by atoms with van der Waals surface area (Å²) in [7, 11) is 1.24. The second-order valence-corrected chi connectivity index (χ2v) is 3.71. The third kappa shape index (κ3) is 2.97. The van der Waals surface area contributed by atoms with E-state index in [-0.39, 0.29) is 23.2 Å². The zero-order chi connectivity index (χ0) is 13.7. The van der Waals surface area contributed by atoms with Gasteiger partial charge in [0.15, 0.2) is 0 Å². The van der Waals surface area contributed by atoms with Gasteiger partial charge in [0.25, 0.3) is 0 Å². The van der Waals surface area contributed by atoms with Gasteiger partial charge in [-0.2, -0.15) is 5.26 Å². The largest absolute Gasteiger partial charge is 0.465 e. The molecular weight excluding hydrogens is 236 g/mol. The van der Waals surface area contributed by atoms with Gasteiger partial charge in [-0.25, -0.2) is 4.79 Å². The zero-order valence-electron chi connectivity index (χ0n) is 9.83. The number of hydrogen-bond donors (Lipinski definition) is 3. The Labute approximate surface area is 104 Å². The van der Waals surface area contributed by atoms with E-state index in [0.717, 1.165) is 0 Å². The van der Waals surface area contributed by atoms with Gasteiger partial charge in [-0.15, -0.1) is 0 Å². The number of anilines is 1. The van der Waals surface area contributed by atoms with Gasteiger partial charge < -0.3 is 20.7 Å². The number of methoxy groups -OCH3 is 1. The molecule has 0 heterocycles. The molecule has 1 aromatic carbocycles. The normalized spacial score (nSPS) is 13.4. The van der Waals surface area contributed by atoms with Crippen molar-refractivity contribution in [2.24, 2.45) is 0 Å². The van der Waals surface area contributed by atoms with Crippen LogP contribution in [0.25, 0.3) is 0 Å². The zero-order valence-corrected chi connectivity index (χ0v) is 9.83. The molecule has 0 spiro atoms. The Morgan fingerprint density at radius 1 is 1.56 bits per heavy atom. The molecule has 0 aliphatic carbocycles. The van der Waals surface area contributed by atoms with E-state index in [9.17, 15) is 15.0 Å². The lowest BCUT2D eigenvalue weighted by atomic mass is 9.98. The van der Waals surface area contributed by atoms with Crippen LogP contribution >= 0.6 is 0 Å². The molecule has 0 aliphatic heterocycles. The third-order valence-electron chi connectivity index (χ3n) is 2.49. The van der Waals surface area contributed by atoms with E-state index >= 15 is 0 Å². The summed E-state index contributed by atoms with van der Waals surface area (Å²) in [6.45, 7) is 0. The van der Waals surface area contributed by atoms with E-state index in [1.165, 1.54) is 25.3 Å². The molecule has 1 rings (SSSR count). The molecule has 4 N–H and O–H groups in total. The molecule has 0 saturated heterocycles. The summed E-state index contributed by atoms with van der Waals surface area (Å²) in [5, 5.41) is 27.8. The number of aliphatic hydroxyl groups excluding tert-OH is 2. The minimum atomic E-state index is -1.32. The number of benzene rings is 1. The Morgan fingerprint density at radius 2 is 2.22 bits per heavy atom. The van der Waals surface area contributed by atoms with E-state index in [1.54, 1.807) is 6.07 Å². The van der Waals surface area contributed by atoms with Crippen molar-refractivity contribution in [2.75, 3.05) is 12.8 Å². The first kappa shape index (κ1) is 14.0. The molecule has 1 aromatic rings. The minimum absolute atomic E-state index is 0.195. The fourth-order valence-corrected chi connectivity index (χ4v) is 1.49. The van der Waals surface area contributed by atoms with Crippen molar-refractivity contribution in [2.45, 2.75) is 18.6 Å². The molecule has 0 radical (unpaired) electrons. The highest BCUT2D eigenvalue weighted by Gasteiger charge is 2.21. The molecular formula is C12H14N2O4. The average molecular weight is 250 g/mol. The maximum atomic E-state index is 11.3. The molecule has 2 unspecified atom stereocenters. The highest BCUT2D eigenvalue weighted by atomic mass is 16.5. The minimum Gasteiger partial charge on any atom is -0.465 e. The van der Waals surface area contributed by atoms with Gasteiger partial charge in [0.05, 0.1) is 31.3 Å². The van der Waals surface area contributed by atoms with Crippen molar-refractivity contribution in [3.8, 4) is 6.07 Å². The summed E-state index contributed by atoms with van der Waals surface area (Å²) in [6.07, 6.45) is -2.82. The number of nitrogens with two attached hydrogens (primary N) is 1. The second-order valence-electron chi connectivity index (χ2n) is 3.71. The Morgan fingerprint density at radius 3 is 2.78 bits per heavy atom. The van der Waals surface area contributed by atoms with Crippen LogP contribution < -0.4 is 5.73 Å². The van der Waals surface area contributed by atoms with E-state index in [1.807, 2.05) is 0 Å². The fraction of sp³-hybridized carbons (Fsp3) is 0.333. The average Bonchev–Trinajstić information content (AvgIpc) is 2.37. The molecule has 0 aromatic heterocycles. The maximum absolute atomic E-state index is 11.3. The monoisotopic (exact) mass is 250 g/mol. The molecule has 0 saturated carbocycles. The number of nitriles is 1. The number of nitrogen functional groups attached to an aromatic ring is 1. The number of carbonyl (C=O) groups excluding carboxylic acids is 1. The van der Waals surface area contributed by atoms with Crippen LogP contribution in [0.15, 0.2) is 18.2 Å². The Hall–Kier alpha value is -2.10. The van der Waals surface area contributed by atoms with Crippen LogP contribution in [0.1, 0.15) is 28.4 Å². The molecule has 18 heavy (non-hydrogen) atoms. The van der Waals surface area contributed by atoms with Gasteiger partial charge in [0.1, 0.15) is 6.10 Å². The molecule has 6 nitrogen and oxygen atoms in total. The van der Waals surface area contributed by atoms with Crippen LogP contribution in [0, 0.1) is 11.3 Å². The summed E-state index contributed by atoms with van der Waals surface area (Å²) in [5.41, 5.74) is 6.30. The van der Waals surface area contributed by atoms with E-state index < -0.39 is 18.2 Å². The highest BCUT2D eigenvalue weighted by Crippen LogP contribution is 2.25. The predicted molar refractivity (Wildman–Crippen MR) is 63.4 cm³/mol. The van der Waals surface area contributed by atoms with Gasteiger partial charge in [0, 0.05) is 11.3 Å². The summed E-state index contributed by atoms with van der Waals surface area (Å²) < 4.78 is 4.54. The van der Waals surface area contributed by atoms with Crippen molar-refractivity contribution in [1.82, 2.24) is 0 Å².